The third kappa shape index (κ3) is 5.56. The van der Waals surface area contributed by atoms with Crippen molar-refractivity contribution < 1.29 is 19.9 Å². The van der Waals surface area contributed by atoms with Gasteiger partial charge in [0.15, 0.2) is 0 Å². The smallest absolute Gasteiger partial charge is 0.324 e. The maximum atomic E-state index is 10.4. The molecule has 0 heterocycles. The van der Waals surface area contributed by atoms with Crippen molar-refractivity contribution in [2.24, 2.45) is 5.92 Å². The Balaban J connectivity index is 0.000000199. The first-order valence-electron chi connectivity index (χ1n) is 11.6. The molecule has 1 saturated carbocycles. The molecule has 0 bridgehead atoms. The molecule has 2 aliphatic rings. The molecular weight excluding hydrogens is 456 g/mol. The summed E-state index contributed by atoms with van der Waals surface area (Å²) < 4.78 is 0. The van der Waals surface area contributed by atoms with Crippen molar-refractivity contribution in [3.05, 3.63) is 77.9 Å². The number of aromatic hydroxyl groups is 1. The lowest BCUT2D eigenvalue weighted by Gasteiger charge is -2.49. The molecule has 0 radical (unpaired) electrons. The lowest BCUT2D eigenvalue weighted by Crippen LogP contribution is -2.43. The van der Waals surface area contributed by atoms with Gasteiger partial charge in [-0.2, -0.15) is 0 Å². The summed E-state index contributed by atoms with van der Waals surface area (Å²) in [6.07, 6.45) is 9.84. The number of benzene rings is 2. The van der Waals surface area contributed by atoms with Gasteiger partial charge in [0.25, 0.3) is 11.4 Å². The number of hydrogen-bond donors (Lipinski definition) is 1. The topological polar surface area (TPSA) is 153 Å². The fraction of sp³-hybridized carbons (Fsp3) is 0.500. The van der Waals surface area contributed by atoms with Gasteiger partial charge in [-0.1, -0.05) is 37.1 Å². The Hall–Kier alpha value is -3.60. The maximum Gasteiger partial charge on any atom is 0.324 e. The molecule has 4 rings (SSSR count). The third-order valence-electron chi connectivity index (χ3n) is 7.19. The van der Waals surface area contributed by atoms with Gasteiger partial charge in [-0.3, -0.25) is 30.3 Å². The van der Waals surface area contributed by atoms with Crippen LogP contribution >= 0.6 is 0 Å². The standard InChI is InChI=1S/C18H27N.C6H3N3O7/c1-19(2)14-13-18-12-6-5-8-16(18)11-10-15-7-3-4-9-17(15)18;10-6-4(8(13)14)1-3(7(11)12)2-5(6)9(15)16/h3-4,7,9,16H,5-6,8,10-14H2,1-2H3;1-2,10H. The third-order valence-corrected chi connectivity index (χ3v) is 7.19. The molecule has 0 spiro atoms. The fourth-order valence-corrected chi connectivity index (χ4v) is 5.50. The zero-order valence-corrected chi connectivity index (χ0v) is 19.9. The van der Waals surface area contributed by atoms with Gasteiger partial charge in [0.05, 0.1) is 26.9 Å². The first kappa shape index (κ1) is 26.0. The van der Waals surface area contributed by atoms with Gasteiger partial charge in [0.1, 0.15) is 0 Å². The number of phenolic OH excluding ortho intramolecular Hbond substituents is 1. The molecule has 0 aliphatic heterocycles. The molecule has 35 heavy (non-hydrogen) atoms. The highest BCUT2D eigenvalue weighted by Crippen LogP contribution is 2.52. The number of fused-ring (bicyclic) bond motifs is 3. The maximum absolute atomic E-state index is 10.4. The minimum atomic E-state index is -1.21. The van der Waals surface area contributed by atoms with Crippen molar-refractivity contribution in [1.29, 1.82) is 0 Å². The summed E-state index contributed by atoms with van der Waals surface area (Å²) in [6, 6.07) is 10.2. The van der Waals surface area contributed by atoms with Gasteiger partial charge in [0, 0.05) is 0 Å². The van der Waals surface area contributed by atoms with Crippen LogP contribution in [0.25, 0.3) is 0 Å². The minimum Gasteiger partial charge on any atom is -0.497 e. The molecule has 0 amide bonds. The van der Waals surface area contributed by atoms with E-state index in [0.29, 0.717) is 17.5 Å². The number of nitro groups is 3. The Morgan fingerprint density at radius 2 is 1.60 bits per heavy atom. The highest BCUT2D eigenvalue weighted by atomic mass is 16.6. The molecule has 2 atom stereocenters. The molecule has 1 fully saturated rings. The first-order chi connectivity index (χ1) is 16.6. The van der Waals surface area contributed by atoms with Crippen LogP contribution in [-0.4, -0.2) is 45.4 Å². The molecule has 188 valence electrons. The first-order valence-corrected chi connectivity index (χ1v) is 11.6. The largest absolute Gasteiger partial charge is 0.497 e. The Bertz CT molecular complexity index is 1090. The SMILES string of the molecule is CN(C)CCC12CCCCC1CCc1ccccc12.O=[N+]([O-])c1cc([N+](=O)[O-])c(O)c([N+](=O)[O-])c1. The van der Waals surface area contributed by atoms with E-state index in [4.69, 9.17) is 5.11 Å². The van der Waals surface area contributed by atoms with Crippen LogP contribution in [0, 0.1) is 36.3 Å². The predicted molar refractivity (Wildman–Crippen MR) is 130 cm³/mol. The van der Waals surface area contributed by atoms with Crippen molar-refractivity contribution in [2.75, 3.05) is 20.6 Å². The number of aryl methyl sites for hydroxylation is 1. The van der Waals surface area contributed by atoms with E-state index in [2.05, 4.69) is 43.3 Å². The zero-order chi connectivity index (χ0) is 25.8. The van der Waals surface area contributed by atoms with Crippen LogP contribution in [0.15, 0.2) is 36.4 Å². The van der Waals surface area contributed by atoms with E-state index < -0.39 is 37.6 Å². The molecule has 0 aromatic heterocycles. The predicted octanol–water partition coefficient (Wildman–Crippen LogP) is 5.13. The Kier molecular flexibility index (Phi) is 8.00. The molecule has 2 aromatic carbocycles. The van der Waals surface area contributed by atoms with E-state index in [-0.39, 0.29) is 0 Å². The van der Waals surface area contributed by atoms with Gasteiger partial charge in [-0.05, 0) is 75.2 Å². The van der Waals surface area contributed by atoms with E-state index in [1.807, 2.05) is 0 Å². The van der Waals surface area contributed by atoms with E-state index in [1.165, 1.54) is 51.5 Å². The average molecular weight is 487 g/mol. The number of hydrogen-bond acceptors (Lipinski definition) is 8. The number of phenols is 1. The number of nitro benzene ring substituents is 3. The number of nitrogens with zero attached hydrogens (tertiary/aromatic N) is 4. The Labute approximate surface area is 202 Å². The van der Waals surface area contributed by atoms with Crippen LogP contribution < -0.4 is 0 Å². The summed E-state index contributed by atoms with van der Waals surface area (Å²) in [7, 11) is 4.42. The zero-order valence-electron chi connectivity index (χ0n) is 19.9. The Morgan fingerprint density at radius 1 is 0.971 bits per heavy atom. The average Bonchev–Trinajstić information content (AvgIpc) is 2.82. The highest BCUT2D eigenvalue weighted by Gasteiger charge is 2.44. The number of rotatable bonds is 6. The molecule has 2 unspecified atom stereocenters. The van der Waals surface area contributed by atoms with E-state index >= 15 is 0 Å². The quantitative estimate of drug-likeness (QED) is 0.435. The van der Waals surface area contributed by atoms with Crippen molar-refractivity contribution >= 4 is 17.1 Å². The van der Waals surface area contributed by atoms with Crippen molar-refractivity contribution in [3.63, 3.8) is 0 Å². The van der Waals surface area contributed by atoms with Crippen molar-refractivity contribution in [2.45, 2.75) is 50.4 Å². The molecular formula is C24H30N4O7. The summed E-state index contributed by atoms with van der Waals surface area (Å²) in [5.74, 6) is -0.267. The van der Waals surface area contributed by atoms with Gasteiger partial charge < -0.3 is 10.0 Å². The van der Waals surface area contributed by atoms with Crippen LogP contribution in [0.5, 0.6) is 5.75 Å². The van der Waals surface area contributed by atoms with E-state index in [0.717, 1.165) is 5.92 Å². The molecule has 2 aliphatic carbocycles. The second-order valence-corrected chi connectivity index (χ2v) is 9.45. The summed E-state index contributed by atoms with van der Waals surface area (Å²) >= 11 is 0. The second-order valence-electron chi connectivity index (χ2n) is 9.45. The summed E-state index contributed by atoms with van der Waals surface area (Å²) in [6.45, 7) is 1.23. The minimum absolute atomic E-state index is 0.447. The van der Waals surface area contributed by atoms with Crippen LogP contribution in [0.2, 0.25) is 0 Å². The van der Waals surface area contributed by atoms with Gasteiger partial charge >= 0.3 is 11.4 Å². The lowest BCUT2D eigenvalue weighted by molar-refractivity contribution is -0.404. The molecule has 11 nitrogen and oxygen atoms in total. The second kappa shape index (κ2) is 10.8. The van der Waals surface area contributed by atoms with E-state index in [9.17, 15) is 30.3 Å². The van der Waals surface area contributed by atoms with Crippen LogP contribution in [-0.2, 0) is 11.8 Å². The summed E-state index contributed by atoms with van der Waals surface area (Å²) in [5, 5.41) is 40.2. The molecule has 11 heteroatoms. The van der Waals surface area contributed by atoms with E-state index in [1.54, 1.807) is 11.1 Å². The highest BCUT2D eigenvalue weighted by molar-refractivity contribution is 5.64. The molecule has 0 saturated heterocycles. The summed E-state index contributed by atoms with van der Waals surface area (Å²) in [4.78, 5) is 30.1. The van der Waals surface area contributed by atoms with Gasteiger partial charge in [-0.25, -0.2) is 0 Å². The van der Waals surface area contributed by atoms with Crippen molar-refractivity contribution in [3.8, 4) is 5.75 Å². The number of non-ortho nitro benzene ring substituents is 1. The normalized spacial score (nSPS) is 20.7. The van der Waals surface area contributed by atoms with Crippen LogP contribution in [0.1, 0.15) is 49.7 Å². The van der Waals surface area contributed by atoms with Gasteiger partial charge in [0.2, 0.25) is 0 Å². The Morgan fingerprint density at radius 3 is 2.17 bits per heavy atom. The van der Waals surface area contributed by atoms with Crippen LogP contribution in [0.3, 0.4) is 0 Å². The summed E-state index contributed by atoms with van der Waals surface area (Å²) in [5.41, 5.74) is 0.836. The molecule has 2 aromatic rings. The van der Waals surface area contributed by atoms with Crippen molar-refractivity contribution in [1.82, 2.24) is 4.90 Å². The van der Waals surface area contributed by atoms with Crippen LogP contribution in [0.4, 0.5) is 17.1 Å². The lowest BCUT2D eigenvalue weighted by atomic mass is 9.56. The van der Waals surface area contributed by atoms with Gasteiger partial charge in [-0.15, -0.1) is 0 Å². The monoisotopic (exact) mass is 486 g/mol. The molecule has 1 N–H and O–H groups in total. The fourth-order valence-electron chi connectivity index (χ4n) is 5.50.